The Balaban J connectivity index is 0.00000169. The molecule has 0 N–H and O–H groups in total. The fourth-order valence-electron chi connectivity index (χ4n) is 1.42. The van der Waals surface area contributed by atoms with Crippen LogP contribution in [0.2, 0.25) is 0 Å². The van der Waals surface area contributed by atoms with Gasteiger partial charge < -0.3 is 4.70 Å². The second-order valence-corrected chi connectivity index (χ2v) is 3.50. The maximum atomic E-state index is 2.27. The number of aryl methyl sites for hydroxylation is 2. The highest BCUT2D eigenvalue weighted by Gasteiger charge is 1.98. The predicted octanol–water partition coefficient (Wildman–Crippen LogP) is -0.269. The molecule has 0 saturated carbocycles. The lowest BCUT2D eigenvalue weighted by Crippen LogP contribution is -3.00. The van der Waals surface area contributed by atoms with Crippen LogP contribution in [0.5, 0.6) is 0 Å². The summed E-state index contributed by atoms with van der Waals surface area (Å²) < 4.78 is 2.27. The number of unbranched alkanes of at least 4 members (excludes halogenated alkanes) is 2. The average Bonchev–Trinajstić information content (AvgIpc) is 2.19. The van der Waals surface area contributed by atoms with Gasteiger partial charge in [-0.1, -0.05) is 20.3 Å². The van der Waals surface area contributed by atoms with E-state index < -0.39 is 0 Å². The molecule has 0 amide bonds. The normalized spacial score (nSPS) is 9.57. The van der Waals surface area contributed by atoms with Gasteiger partial charge in [0, 0.05) is 18.6 Å². The summed E-state index contributed by atoms with van der Waals surface area (Å²) in [5.41, 5.74) is 1.42. The number of halogens is 1. The molecule has 1 heterocycles. The third-order valence-corrected chi connectivity index (χ3v) is 2.39. The SMILES string of the molecule is CCCCC[n+]1ccc(CC)cc1.[F-]. The number of rotatable bonds is 5. The summed E-state index contributed by atoms with van der Waals surface area (Å²) >= 11 is 0. The molecule has 0 aliphatic rings. The van der Waals surface area contributed by atoms with E-state index in [0.29, 0.717) is 0 Å². The van der Waals surface area contributed by atoms with Gasteiger partial charge >= 0.3 is 0 Å². The molecule has 0 atom stereocenters. The van der Waals surface area contributed by atoms with E-state index in [0.717, 1.165) is 13.0 Å². The zero-order valence-corrected chi connectivity index (χ0v) is 9.17. The van der Waals surface area contributed by atoms with E-state index in [1.807, 2.05) is 0 Å². The van der Waals surface area contributed by atoms with E-state index in [4.69, 9.17) is 0 Å². The molecule has 0 saturated heterocycles. The molecule has 0 aliphatic heterocycles. The lowest BCUT2D eigenvalue weighted by atomic mass is 10.2. The third kappa shape index (κ3) is 4.35. The van der Waals surface area contributed by atoms with Crippen molar-refractivity contribution in [1.82, 2.24) is 0 Å². The number of hydrogen-bond acceptors (Lipinski definition) is 0. The van der Waals surface area contributed by atoms with Gasteiger partial charge in [-0.3, -0.25) is 0 Å². The van der Waals surface area contributed by atoms with Crippen molar-refractivity contribution < 1.29 is 9.27 Å². The third-order valence-electron chi connectivity index (χ3n) is 2.39. The maximum absolute atomic E-state index is 2.27. The molecule has 0 unspecified atom stereocenters. The van der Waals surface area contributed by atoms with Crippen molar-refractivity contribution in [2.75, 3.05) is 0 Å². The first-order valence-corrected chi connectivity index (χ1v) is 5.34. The molecule has 0 spiro atoms. The monoisotopic (exact) mass is 197 g/mol. The minimum absolute atomic E-state index is 0. The summed E-state index contributed by atoms with van der Waals surface area (Å²) in [5.74, 6) is 0. The van der Waals surface area contributed by atoms with Crippen LogP contribution >= 0.6 is 0 Å². The van der Waals surface area contributed by atoms with E-state index in [9.17, 15) is 0 Å². The maximum Gasteiger partial charge on any atom is 0.169 e. The molecule has 0 radical (unpaired) electrons. The van der Waals surface area contributed by atoms with Crippen LogP contribution < -0.4 is 9.27 Å². The number of pyridine rings is 1. The highest BCUT2D eigenvalue weighted by atomic mass is 19.0. The van der Waals surface area contributed by atoms with Gasteiger partial charge in [0.05, 0.1) is 0 Å². The van der Waals surface area contributed by atoms with Crippen LogP contribution in [0.4, 0.5) is 0 Å². The molecule has 0 aliphatic carbocycles. The van der Waals surface area contributed by atoms with E-state index in [1.54, 1.807) is 0 Å². The summed E-state index contributed by atoms with van der Waals surface area (Å²) in [4.78, 5) is 0. The highest BCUT2D eigenvalue weighted by molar-refractivity contribution is 5.06. The minimum Gasteiger partial charge on any atom is -1.00 e. The van der Waals surface area contributed by atoms with Crippen LogP contribution in [-0.4, -0.2) is 0 Å². The van der Waals surface area contributed by atoms with Gasteiger partial charge in [-0.2, -0.15) is 0 Å². The standard InChI is InChI=1S/C12H20N.FH/c1-3-5-6-9-13-10-7-12(4-2)8-11-13;/h7-8,10-11H,3-6,9H2,1-2H3;1H/q+1;/p-1. The quantitative estimate of drug-likeness (QED) is 0.452. The van der Waals surface area contributed by atoms with Crippen molar-refractivity contribution in [3.63, 3.8) is 0 Å². The summed E-state index contributed by atoms with van der Waals surface area (Å²) in [5, 5.41) is 0. The summed E-state index contributed by atoms with van der Waals surface area (Å²) in [6, 6.07) is 4.43. The van der Waals surface area contributed by atoms with Crippen LogP contribution in [0.1, 0.15) is 38.7 Å². The number of nitrogens with zero attached hydrogens (tertiary/aromatic N) is 1. The highest BCUT2D eigenvalue weighted by Crippen LogP contribution is 1.97. The summed E-state index contributed by atoms with van der Waals surface area (Å²) in [7, 11) is 0. The van der Waals surface area contributed by atoms with Crippen molar-refractivity contribution in [2.45, 2.75) is 46.1 Å². The lowest BCUT2D eigenvalue weighted by Gasteiger charge is -1.97. The Kier molecular flexibility index (Phi) is 6.99. The zero-order valence-electron chi connectivity index (χ0n) is 9.17. The molecule has 1 aromatic heterocycles. The zero-order chi connectivity index (χ0) is 9.52. The molecule has 14 heavy (non-hydrogen) atoms. The number of hydrogen-bond donors (Lipinski definition) is 0. The van der Waals surface area contributed by atoms with Gasteiger partial charge in [-0.05, 0) is 18.4 Å². The molecule has 0 fully saturated rings. The first kappa shape index (κ1) is 13.1. The predicted molar refractivity (Wildman–Crippen MR) is 55.5 cm³/mol. The Hall–Kier alpha value is -0.920. The van der Waals surface area contributed by atoms with E-state index >= 15 is 0 Å². The van der Waals surface area contributed by atoms with E-state index in [2.05, 4.69) is 42.9 Å². The Morgan fingerprint density at radius 2 is 1.71 bits per heavy atom. The molecule has 2 heteroatoms. The lowest BCUT2D eigenvalue weighted by molar-refractivity contribution is -0.697. The van der Waals surface area contributed by atoms with Gasteiger partial charge in [0.15, 0.2) is 12.4 Å². The van der Waals surface area contributed by atoms with Crippen molar-refractivity contribution in [3.05, 3.63) is 30.1 Å². The van der Waals surface area contributed by atoms with Crippen LogP contribution in [-0.2, 0) is 13.0 Å². The Morgan fingerprint density at radius 1 is 1.07 bits per heavy atom. The molecular weight excluding hydrogens is 177 g/mol. The first-order valence-electron chi connectivity index (χ1n) is 5.34. The Labute approximate surface area is 86.1 Å². The molecule has 1 rings (SSSR count). The van der Waals surface area contributed by atoms with Gasteiger partial charge in [-0.25, -0.2) is 4.57 Å². The van der Waals surface area contributed by atoms with E-state index in [1.165, 1.54) is 24.8 Å². The van der Waals surface area contributed by atoms with E-state index in [-0.39, 0.29) is 4.70 Å². The van der Waals surface area contributed by atoms with Crippen LogP contribution in [0, 0.1) is 0 Å². The largest absolute Gasteiger partial charge is 1.00 e. The van der Waals surface area contributed by atoms with Crippen LogP contribution in [0.15, 0.2) is 24.5 Å². The summed E-state index contributed by atoms with van der Waals surface area (Å²) in [6.45, 7) is 5.60. The van der Waals surface area contributed by atoms with Crippen molar-refractivity contribution >= 4 is 0 Å². The van der Waals surface area contributed by atoms with Crippen molar-refractivity contribution in [3.8, 4) is 0 Å². The molecule has 0 aromatic carbocycles. The van der Waals surface area contributed by atoms with Gasteiger partial charge in [0.1, 0.15) is 6.54 Å². The molecule has 0 bridgehead atoms. The average molecular weight is 197 g/mol. The van der Waals surface area contributed by atoms with Crippen LogP contribution in [0.25, 0.3) is 0 Å². The Bertz CT molecular complexity index is 231. The van der Waals surface area contributed by atoms with Crippen molar-refractivity contribution in [2.24, 2.45) is 0 Å². The van der Waals surface area contributed by atoms with Gasteiger partial charge in [-0.15, -0.1) is 0 Å². The fraction of sp³-hybridized carbons (Fsp3) is 0.583. The molecule has 1 aromatic rings. The minimum atomic E-state index is 0. The second-order valence-electron chi connectivity index (χ2n) is 3.50. The van der Waals surface area contributed by atoms with Crippen LogP contribution in [0.3, 0.4) is 0 Å². The fourth-order valence-corrected chi connectivity index (χ4v) is 1.42. The van der Waals surface area contributed by atoms with Crippen molar-refractivity contribution in [1.29, 1.82) is 0 Å². The topological polar surface area (TPSA) is 3.88 Å². The Morgan fingerprint density at radius 3 is 2.21 bits per heavy atom. The second kappa shape index (κ2) is 7.48. The molecular formula is C12H20FN. The van der Waals surface area contributed by atoms with Gasteiger partial charge in [0.2, 0.25) is 0 Å². The smallest absolute Gasteiger partial charge is 0.169 e. The first-order chi connectivity index (χ1) is 6.36. The molecule has 80 valence electrons. The van der Waals surface area contributed by atoms with Gasteiger partial charge in [0.25, 0.3) is 0 Å². The number of aromatic nitrogens is 1. The summed E-state index contributed by atoms with van der Waals surface area (Å²) in [6.07, 6.45) is 9.45. The molecule has 1 nitrogen and oxygen atoms in total.